The van der Waals surface area contributed by atoms with Crippen LogP contribution in [0.2, 0.25) is 0 Å². The predicted molar refractivity (Wildman–Crippen MR) is 111 cm³/mol. The minimum atomic E-state index is -0.588. The van der Waals surface area contributed by atoms with E-state index < -0.39 is 17.6 Å². The highest BCUT2D eigenvalue weighted by atomic mass is 32.1. The van der Waals surface area contributed by atoms with Gasteiger partial charge in [0, 0.05) is 26.1 Å². The van der Waals surface area contributed by atoms with Gasteiger partial charge in [-0.2, -0.15) is 0 Å². The number of carbonyl (C=O) groups excluding carboxylic acids is 2. The molecule has 0 spiro atoms. The van der Waals surface area contributed by atoms with Crippen LogP contribution in [-0.4, -0.2) is 65.2 Å². The molecule has 0 saturated carbocycles. The molecule has 1 aliphatic rings. The first kappa shape index (κ1) is 22.1. The summed E-state index contributed by atoms with van der Waals surface area (Å²) in [6, 6.07) is 6.75. The molecule has 0 unspecified atom stereocenters. The second-order valence-corrected chi connectivity index (χ2v) is 8.53. The molecule has 2 rings (SSSR count). The standard InChI is InChI=1S/C20H29N3O4S/c1-20(2,3)27-19(25)23-11-15(10-16(23)18(28)22(4)5)26-12-13-7-6-8-14(9-13)17(21)24/h6-9,15-16H,10-12H2,1-5H3,(H2,21,24)/t15-,16+/m1/s1. The Morgan fingerprint density at radius 2 is 2.00 bits per heavy atom. The summed E-state index contributed by atoms with van der Waals surface area (Å²) in [4.78, 5) is 28.1. The number of carbonyl (C=O) groups is 2. The molecule has 0 bridgehead atoms. The number of nitrogens with zero attached hydrogens (tertiary/aromatic N) is 2. The molecule has 28 heavy (non-hydrogen) atoms. The Morgan fingerprint density at radius 1 is 1.32 bits per heavy atom. The Kier molecular flexibility index (Phi) is 7.01. The maximum Gasteiger partial charge on any atom is 0.410 e. The van der Waals surface area contributed by atoms with Gasteiger partial charge in [-0.15, -0.1) is 0 Å². The number of likely N-dealkylation sites (tertiary alicyclic amines) is 1. The summed E-state index contributed by atoms with van der Waals surface area (Å²) in [5.41, 5.74) is 6.02. The molecule has 2 atom stereocenters. The number of amides is 2. The zero-order chi connectivity index (χ0) is 21.1. The van der Waals surface area contributed by atoms with Crippen LogP contribution in [0, 0.1) is 0 Å². The van der Waals surface area contributed by atoms with E-state index in [2.05, 4.69) is 0 Å². The number of thiocarbonyl (C=S) groups is 1. The van der Waals surface area contributed by atoms with Crippen molar-refractivity contribution in [3.8, 4) is 0 Å². The first-order valence-corrected chi connectivity index (χ1v) is 9.60. The van der Waals surface area contributed by atoms with Crippen molar-refractivity contribution in [2.45, 2.75) is 51.5 Å². The second-order valence-electron chi connectivity index (χ2n) is 8.11. The summed E-state index contributed by atoms with van der Waals surface area (Å²) < 4.78 is 11.6. The van der Waals surface area contributed by atoms with Gasteiger partial charge in [0.25, 0.3) is 0 Å². The second kappa shape index (κ2) is 8.87. The van der Waals surface area contributed by atoms with E-state index in [1.165, 1.54) is 0 Å². The van der Waals surface area contributed by atoms with Crippen molar-refractivity contribution in [3.05, 3.63) is 35.4 Å². The summed E-state index contributed by atoms with van der Waals surface area (Å²) in [5, 5.41) is 0. The Balaban J connectivity index is 2.08. The summed E-state index contributed by atoms with van der Waals surface area (Å²) in [6.07, 6.45) is 0.00218. The van der Waals surface area contributed by atoms with Crippen molar-refractivity contribution in [1.29, 1.82) is 0 Å². The summed E-state index contributed by atoms with van der Waals surface area (Å²) in [5.74, 6) is -0.477. The Labute approximate surface area is 171 Å². The number of nitrogens with two attached hydrogens (primary N) is 1. The lowest BCUT2D eigenvalue weighted by atomic mass is 10.1. The molecule has 1 fully saturated rings. The third kappa shape index (κ3) is 5.90. The van der Waals surface area contributed by atoms with Crippen molar-refractivity contribution in [1.82, 2.24) is 9.80 Å². The smallest absolute Gasteiger partial charge is 0.410 e. The topological polar surface area (TPSA) is 85.1 Å². The van der Waals surface area contributed by atoms with E-state index in [9.17, 15) is 9.59 Å². The lowest BCUT2D eigenvalue weighted by Gasteiger charge is -2.30. The minimum Gasteiger partial charge on any atom is -0.444 e. The summed E-state index contributed by atoms with van der Waals surface area (Å²) >= 11 is 5.52. The normalized spacial score (nSPS) is 19.4. The molecule has 7 nitrogen and oxygen atoms in total. The van der Waals surface area contributed by atoms with Gasteiger partial charge >= 0.3 is 6.09 Å². The van der Waals surface area contributed by atoms with Gasteiger partial charge in [-0.25, -0.2) is 4.79 Å². The van der Waals surface area contributed by atoms with Crippen molar-refractivity contribution in [2.24, 2.45) is 5.73 Å². The van der Waals surface area contributed by atoms with Crippen LogP contribution in [0.4, 0.5) is 4.79 Å². The van der Waals surface area contributed by atoms with Crippen LogP contribution in [0.1, 0.15) is 43.1 Å². The summed E-state index contributed by atoms with van der Waals surface area (Å²) in [7, 11) is 3.72. The Morgan fingerprint density at radius 3 is 2.57 bits per heavy atom. The van der Waals surface area contributed by atoms with Crippen molar-refractivity contribution in [3.63, 3.8) is 0 Å². The van der Waals surface area contributed by atoms with Gasteiger partial charge in [0.2, 0.25) is 5.91 Å². The molecule has 0 aliphatic carbocycles. The van der Waals surface area contributed by atoms with Crippen LogP contribution in [0.15, 0.2) is 24.3 Å². The van der Waals surface area contributed by atoms with E-state index in [1.54, 1.807) is 23.1 Å². The molecule has 0 radical (unpaired) electrons. The van der Waals surface area contributed by atoms with Gasteiger partial charge in [-0.05, 0) is 38.5 Å². The molecule has 2 N–H and O–H groups in total. The monoisotopic (exact) mass is 407 g/mol. The van der Waals surface area contributed by atoms with Gasteiger partial charge < -0.3 is 20.1 Å². The highest BCUT2D eigenvalue weighted by Crippen LogP contribution is 2.26. The van der Waals surface area contributed by atoms with Crippen LogP contribution in [0.3, 0.4) is 0 Å². The number of likely N-dealkylation sites (N-methyl/N-ethyl adjacent to an activating group) is 1. The molecule has 8 heteroatoms. The fraction of sp³-hybridized carbons (Fsp3) is 0.550. The van der Waals surface area contributed by atoms with E-state index in [0.29, 0.717) is 30.1 Å². The van der Waals surface area contributed by atoms with Crippen LogP contribution < -0.4 is 5.73 Å². The zero-order valence-corrected chi connectivity index (χ0v) is 17.9. The molecular formula is C20H29N3O4S. The number of hydrogen-bond donors (Lipinski definition) is 1. The van der Waals surface area contributed by atoms with Gasteiger partial charge in [0.05, 0.1) is 25.3 Å². The van der Waals surface area contributed by atoms with Crippen LogP contribution in [0.25, 0.3) is 0 Å². The SMILES string of the molecule is CN(C)C(=S)[C@@H]1C[C@@H](OCc2cccc(C(N)=O)c2)CN1C(=O)OC(C)(C)C. The van der Waals surface area contributed by atoms with Crippen molar-refractivity contribution >= 4 is 29.2 Å². The lowest BCUT2D eigenvalue weighted by molar-refractivity contribution is 0.0169. The van der Waals surface area contributed by atoms with E-state index >= 15 is 0 Å². The molecule has 1 aromatic carbocycles. The number of rotatable bonds is 5. The van der Waals surface area contributed by atoms with E-state index in [0.717, 1.165) is 5.56 Å². The van der Waals surface area contributed by atoms with Gasteiger partial charge in [0.15, 0.2) is 0 Å². The largest absolute Gasteiger partial charge is 0.444 e. The van der Waals surface area contributed by atoms with Gasteiger partial charge in [-0.3, -0.25) is 9.69 Å². The molecule has 1 heterocycles. The van der Waals surface area contributed by atoms with Gasteiger partial charge in [0.1, 0.15) is 10.6 Å². The Bertz CT molecular complexity index is 745. The molecule has 2 amide bonds. The first-order chi connectivity index (χ1) is 13.0. The lowest BCUT2D eigenvalue weighted by Crippen LogP contribution is -2.46. The fourth-order valence-corrected chi connectivity index (χ4v) is 3.22. The zero-order valence-electron chi connectivity index (χ0n) is 17.1. The van der Waals surface area contributed by atoms with E-state index in [4.69, 9.17) is 27.4 Å². The highest BCUT2D eigenvalue weighted by Gasteiger charge is 2.40. The maximum atomic E-state index is 12.7. The molecule has 1 aliphatic heterocycles. The molecule has 1 aromatic rings. The maximum absolute atomic E-state index is 12.7. The number of primary amides is 1. The quantitative estimate of drug-likeness (QED) is 0.755. The number of hydrogen-bond acceptors (Lipinski definition) is 5. The molecular weight excluding hydrogens is 378 g/mol. The Hall–Kier alpha value is -2.19. The van der Waals surface area contributed by atoms with Crippen molar-refractivity contribution in [2.75, 3.05) is 20.6 Å². The predicted octanol–water partition coefficient (Wildman–Crippen LogP) is 2.57. The van der Waals surface area contributed by atoms with Gasteiger partial charge in [-0.1, -0.05) is 24.4 Å². The third-order valence-electron chi connectivity index (χ3n) is 4.31. The first-order valence-electron chi connectivity index (χ1n) is 9.19. The minimum absolute atomic E-state index is 0.187. The fourth-order valence-electron chi connectivity index (χ4n) is 3.00. The molecule has 0 aromatic heterocycles. The third-order valence-corrected chi connectivity index (χ3v) is 4.95. The van der Waals surface area contributed by atoms with Crippen LogP contribution in [-0.2, 0) is 16.1 Å². The van der Waals surface area contributed by atoms with Crippen molar-refractivity contribution < 1.29 is 19.1 Å². The van der Waals surface area contributed by atoms with E-state index in [-0.39, 0.29) is 12.1 Å². The number of ether oxygens (including phenoxy) is 2. The summed E-state index contributed by atoms with van der Waals surface area (Å²) in [6.45, 7) is 6.21. The average molecular weight is 408 g/mol. The molecule has 1 saturated heterocycles. The number of benzene rings is 1. The van der Waals surface area contributed by atoms with Crippen LogP contribution >= 0.6 is 12.2 Å². The average Bonchev–Trinajstić information content (AvgIpc) is 3.02. The van der Waals surface area contributed by atoms with E-state index in [1.807, 2.05) is 45.8 Å². The van der Waals surface area contributed by atoms with Crippen LogP contribution in [0.5, 0.6) is 0 Å². The highest BCUT2D eigenvalue weighted by molar-refractivity contribution is 7.80. The molecule has 154 valence electrons.